The number of amides is 1. The van der Waals surface area contributed by atoms with Crippen molar-refractivity contribution in [3.63, 3.8) is 0 Å². The van der Waals surface area contributed by atoms with E-state index < -0.39 is 9.84 Å². The Kier molecular flexibility index (Phi) is 5.72. The van der Waals surface area contributed by atoms with Gasteiger partial charge in [-0.25, -0.2) is 8.42 Å². The molecule has 2 aliphatic heterocycles. The summed E-state index contributed by atoms with van der Waals surface area (Å²) in [6.07, 6.45) is 0. The Morgan fingerprint density at radius 3 is 2.42 bits per heavy atom. The van der Waals surface area contributed by atoms with E-state index in [-0.39, 0.29) is 28.7 Å². The lowest BCUT2D eigenvalue weighted by molar-refractivity contribution is 0.102. The maximum Gasteiger partial charge on any atom is 0.255 e. The molecule has 0 bridgehead atoms. The zero-order valence-corrected chi connectivity index (χ0v) is 19.6. The fourth-order valence-electron chi connectivity index (χ4n) is 4.01. The number of nitrogens with zero attached hydrogens (tertiary/aromatic N) is 1. The lowest BCUT2D eigenvalue weighted by Crippen LogP contribution is -2.14. The van der Waals surface area contributed by atoms with Crippen LogP contribution in [-0.2, 0) is 9.84 Å². The predicted octanol–water partition coefficient (Wildman–Crippen LogP) is 4.59. The van der Waals surface area contributed by atoms with Crippen molar-refractivity contribution in [3.8, 4) is 11.1 Å². The maximum atomic E-state index is 12.9. The summed E-state index contributed by atoms with van der Waals surface area (Å²) in [6.45, 7) is 1.96. The Morgan fingerprint density at radius 1 is 0.970 bits per heavy atom. The first-order chi connectivity index (χ1) is 15.9. The molecule has 6 nitrogen and oxygen atoms in total. The van der Waals surface area contributed by atoms with Crippen LogP contribution in [0, 0.1) is 6.92 Å². The summed E-state index contributed by atoms with van der Waals surface area (Å²) in [4.78, 5) is 17.4. The van der Waals surface area contributed by atoms with Gasteiger partial charge in [-0.1, -0.05) is 60.3 Å². The molecule has 0 aromatic heterocycles. The second-order valence-electron chi connectivity index (χ2n) is 8.29. The number of aryl methyl sites for hydroxylation is 1. The van der Waals surface area contributed by atoms with Crippen molar-refractivity contribution in [2.45, 2.75) is 18.2 Å². The minimum Gasteiger partial charge on any atom is -0.335 e. The first kappa shape index (κ1) is 21.7. The van der Waals surface area contributed by atoms with E-state index in [0.29, 0.717) is 10.7 Å². The van der Waals surface area contributed by atoms with Gasteiger partial charge in [0.25, 0.3) is 5.91 Å². The summed E-state index contributed by atoms with van der Waals surface area (Å²) >= 11 is 1.46. The highest BCUT2D eigenvalue weighted by Crippen LogP contribution is 2.35. The van der Waals surface area contributed by atoms with Crippen LogP contribution in [0.3, 0.4) is 0 Å². The predicted molar refractivity (Wildman–Crippen MR) is 136 cm³/mol. The lowest BCUT2D eigenvalue weighted by Gasteiger charge is -2.12. The average molecular weight is 478 g/mol. The van der Waals surface area contributed by atoms with Crippen LogP contribution in [0.25, 0.3) is 11.1 Å². The number of carbonyl (C=O) groups is 1. The van der Waals surface area contributed by atoms with Crippen LogP contribution in [0.2, 0.25) is 0 Å². The Hall–Kier alpha value is -3.10. The minimum atomic E-state index is -2.98. The summed E-state index contributed by atoms with van der Waals surface area (Å²) < 4.78 is 23.6. The van der Waals surface area contributed by atoms with Crippen molar-refractivity contribution in [1.29, 1.82) is 0 Å². The van der Waals surface area contributed by atoms with Crippen LogP contribution < -0.4 is 10.6 Å². The van der Waals surface area contributed by atoms with Crippen LogP contribution in [-0.4, -0.2) is 42.3 Å². The van der Waals surface area contributed by atoms with E-state index in [4.69, 9.17) is 0 Å². The van der Waals surface area contributed by atoms with E-state index in [9.17, 15) is 13.2 Å². The van der Waals surface area contributed by atoms with Crippen molar-refractivity contribution < 1.29 is 13.2 Å². The van der Waals surface area contributed by atoms with E-state index in [1.165, 1.54) is 11.8 Å². The smallest absolute Gasteiger partial charge is 0.255 e. The summed E-state index contributed by atoms with van der Waals surface area (Å²) in [5.74, 6) is 0.0801. The number of aliphatic imine (C=N–C) groups is 1. The van der Waals surface area contributed by atoms with Crippen LogP contribution in [0.15, 0.2) is 77.8 Å². The summed E-state index contributed by atoms with van der Waals surface area (Å²) in [6, 6.07) is 23.1. The van der Waals surface area contributed by atoms with Crippen molar-refractivity contribution in [3.05, 3.63) is 83.9 Å². The quantitative estimate of drug-likeness (QED) is 0.574. The molecule has 1 fully saturated rings. The van der Waals surface area contributed by atoms with Gasteiger partial charge in [-0.05, 0) is 47.9 Å². The number of amidine groups is 1. The molecule has 0 aliphatic carbocycles. The van der Waals surface area contributed by atoms with Gasteiger partial charge in [-0.3, -0.25) is 9.79 Å². The molecule has 168 valence electrons. The van der Waals surface area contributed by atoms with E-state index >= 15 is 0 Å². The monoisotopic (exact) mass is 477 g/mol. The number of anilines is 2. The van der Waals surface area contributed by atoms with Gasteiger partial charge in [-0.15, -0.1) is 0 Å². The van der Waals surface area contributed by atoms with Crippen LogP contribution in [0.4, 0.5) is 11.4 Å². The molecule has 3 aromatic rings. The molecule has 2 N–H and O–H groups in total. The normalized spacial score (nSPS) is 20.7. The van der Waals surface area contributed by atoms with Gasteiger partial charge in [0, 0.05) is 22.2 Å². The lowest BCUT2D eigenvalue weighted by atomic mass is 10.1. The van der Waals surface area contributed by atoms with Crippen molar-refractivity contribution in [1.82, 2.24) is 0 Å². The number of carbonyl (C=O) groups excluding carboxylic acids is 1. The zero-order valence-electron chi connectivity index (χ0n) is 18.0. The third-order valence-corrected chi connectivity index (χ3v) is 8.95. The van der Waals surface area contributed by atoms with Gasteiger partial charge in [0.05, 0.1) is 17.5 Å². The number of sulfone groups is 1. The van der Waals surface area contributed by atoms with E-state index in [0.717, 1.165) is 28.1 Å². The van der Waals surface area contributed by atoms with Gasteiger partial charge in [0.15, 0.2) is 15.0 Å². The molecule has 0 radical (unpaired) electrons. The van der Waals surface area contributed by atoms with E-state index in [2.05, 4.69) is 15.6 Å². The van der Waals surface area contributed by atoms with Crippen LogP contribution in [0.5, 0.6) is 0 Å². The third-order valence-electron chi connectivity index (χ3n) is 5.81. The number of hydrogen-bond acceptors (Lipinski definition) is 6. The molecule has 3 aromatic carbocycles. The van der Waals surface area contributed by atoms with Gasteiger partial charge >= 0.3 is 0 Å². The molecule has 2 aliphatic rings. The third kappa shape index (κ3) is 4.82. The highest BCUT2D eigenvalue weighted by Gasteiger charge is 2.42. The number of nitrogens with one attached hydrogen (secondary N) is 2. The fraction of sp³-hybridized carbons (Fsp3) is 0.200. The number of rotatable bonds is 4. The Balaban J connectivity index is 1.27. The Bertz CT molecular complexity index is 1340. The number of benzene rings is 3. The fourth-order valence-corrected chi connectivity index (χ4v) is 7.68. The molecule has 2 heterocycles. The molecule has 0 saturated carbocycles. The second-order valence-corrected chi connectivity index (χ2v) is 11.7. The molecular weight excluding hydrogens is 454 g/mol. The molecule has 5 rings (SSSR count). The SMILES string of the molecule is Cc1ccc(C(=O)Nc2ccc(-c3ccccc3)cc2)cc1NC1=NC2CS(=O)(=O)CC2S1. The van der Waals surface area contributed by atoms with Crippen LogP contribution >= 0.6 is 11.8 Å². The number of hydrogen-bond donors (Lipinski definition) is 2. The first-order valence-corrected chi connectivity index (χ1v) is 13.4. The topological polar surface area (TPSA) is 87.6 Å². The average Bonchev–Trinajstić information content (AvgIpc) is 3.29. The molecule has 2 unspecified atom stereocenters. The highest BCUT2D eigenvalue weighted by atomic mass is 32.2. The molecule has 8 heteroatoms. The molecule has 1 saturated heterocycles. The Labute approximate surface area is 197 Å². The van der Waals surface area contributed by atoms with Crippen LogP contribution in [0.1, 0.15) is 15.9 Å². The maximum absolute atomic E-state index is 12.9. The van der Waals surface area contributed by atoms with Crippen molar-refractivity contribution in [2.75, 3.05) is 22.1 Å². The number of thioether (sulfide) groups is 1. The van der Waals surface area contributed by atoms with Gasteiger partial charge in [0.2, 0.25) is 0 Å². The van der Waals surface area contributed by atoms with Gasteiger partial charge in [-0.2, -0.15) is 0 Å². The Morgan fingerprint density at radius 2 is 1.70 bits per heavy atom. The second kappa shape index (κ2) is 8.68. The van der Waals surface area contributed by atoms with Gasteiger partial charge < -0.3 is 10.6 Å². The van der Waals surface area contributed by atoms with E-state index in [1.807, 2.05) is 67.6 Å². The molecule has 2 atom stereocenters. The van der Waals surface area contributed by atoms with E-state index in [1.54, 1.807) is 12.1 Å². The standard InChI is InChI=1S/C25H23N3O3S2/c1-16-7-8-19(13-21(16)27-25-28-22-14-33(30,31)15-23(22)32-25)24(29)26-20-11-9-18(10-12-20)17-5-3-2-4-6-17/h2-13,22-23H,14-15H2,1H3,(H,26,29)(H,27,28). The largest absolute Gasteiger partial charge is 0.335 e. The van der Waals surface area contributed by atoms with Crippen molar-refractivity contribution in [2.24, 2.45) is 4.99 Å². The summed E-state index contributed by atoms with van der Waals surface area (Å²) in [5.41, 5.74) is 5.23. The molecule has 1 amide bonds. The minimum absolute atomic E-state index is 0.0249. The highest BCUT2D eigenvalue weighted by molar-refractivity contribution is 8.15. The summed E-state index contributed by atoms with van der Waals surface area (Å²) in [7, 11) is -2.98. The number of fused-ring (bicyclic) bond motifs is 1. The van der Waals surface area contributed by atoms with Gasteiger partial charge in [0.1, 0.15) is 0 Å². The first-order valence-electron chi connectivity index (χ1n) is 10.7. The molecular formula is C25H23N3O3S2. The molecule has 0 spiro atoms. The molecule has 33 heavy (non-hydrogen) atoms. The summed E-state index contributed by atoms with van der Waals surface area (Å²) in [5, 5.41) is 6.92. The zero-order chi connectivity index (χ0) is 23.0. The van der Waals surface area contributed by atoms with Crippen molar-refractivity contribution >= 4 is 44.0 Å².